The highest BCUT2D eigenvalue weighted by atomic mass is 15.2. The zero-order valence-electron chi connectivity index (χ0n) is 28.4. The van der Waals surface area contributed by atoms with Crippen molar-refractivity contribution in [3.63, 3.8) is 0 Å². The first-order valence-electron chi connectivity index (χ1n) is 17.9. The summed E-state index contributed by atoms with van der Waals surface area (Å²) in [6, 6.07) is 71.2. The summed E-state index contributed by atoms with van der Waals surface area (Å²) in [5.74, 6) is 0. The minimum atomic E-state index is 1.12. The monoisotopic (exact) mass is 660 g/mol. The van der Waals surface area contributed by atoms with Gasteiger partial charge in [-0.2, -0.15) is 0 Å². The number of benzene rings is 10. The van der Waals surface area contributed by atoms with Crippen LogP contribution in [0.4, 0.5) is 17.1 Å². The zero-order valence-corrected chi connectivity index (χ0v) is 28.4. The third kappa shape index (κ3) is 4.25. The highest BCUT2D eigenvalue weighted by molar-refractivity contribution is 6.20. The second kappa shape index (κ2) is 11.3. The van der Waals surface area contributed by atoms with Gasteiger partial charge in [0.2, 0.25) is 0 Å². The highest BCUT2D eigenvalue weighted by Crippen LogP contribution is 2.47. The van der Waals surface area contributed by atoms with Crippen molar-refractivity contribution >= 4 is 92.7 Å². The summed E-state index contributed by atoms with van der Waals surface area (Å²) in [6.07, 6.45) is 0. The Kier molecular flexibility index (Phi) is 6.28. The maximum Gasteiger partial charge on any atom is 0.0782 e. The molecule has 1 aromatic heterocycles. The van der Waals surface area contributed by atoms with E-state index in [9.17, 15) is 0 Å². The van der Waals surface area contributed by atoms with Crippen LogP contribution < -0.4 is 4.90 Å². The standard InChI is InChI=1S/C50H32N2/c1-2-15-36(16-3-1)52-47-23-11-10-21-44(47)45-22-12-24-48(50(45)52)51(49-31-35-14-5-7-18-39(35)40-19-8-9-20-43(40)49)37-28-25-34-27-29-41-38-17-6-4-13-33(38)26-30-42(41)46(34)32-37/h1-32H. The van der Waals surface area contributed by atoms with Crippen molar-refractivity contribution in [3.8, 4) is 5.69 Å². The maximum absolute atomic E-state index is 2.51. The number of hydrogen-bond donors (Lipinski definition) is 0. The van der Waals surface area contributed by atoms with Gasteiger partial charge in [0, 0.05) is 27.5 Å². The average Bonchev–Trinajstić information content (AvgIpc) is 3.56. The summed E-state index contributed by atoms with van der Waals surface area (Å²) in [5, 5.41) is 14.9. The summed E-state index contributed by atoms with van der Waals surface area (Å²) < 4.78 is 2.44. The van der Waals surface area contributed by atoms with E-state index in [0.29, 0.717) is 0 Å². The lowest BCUT2D eigenvalue weighted by atomic mass is 9.96. The summed E-state index contributed by atoms with van der Waals surface area (Å²) in [7, 11) is 0. The van der Waals surface area contributed by atoms with Crippen LogP contribution in [0.5, 0.6) is 0 Å². The van der Waals surface area contributed by atoms with Crippen molar-refractivity contribution in [2.75, 3.05) is 4.90 Å². The van der Waals surface area contributed by atoms with E-state index in [1.807, 2.05) is 0 Å². The predicted molar refractivity (Wildman–Crippen MR) is 223 cm³/mol. The highest BCUT2D eigenvalue weighted by Gasteiger charge is 2.24. The SMILES string of the molecule is c1ccc(-n2c3ccccc3c3cccc(N(c4ccc5ccc6c7ccccc7ccc6c5c4)c4cc5ccccc5c5ccccc45)c32)cc1. The van der Waals surface area contributed by atoms with Crippen molar-refractivity contribution in [1.82, 2.24) is 4.57 Å². The molecule has 0 atom stereocenters. The van der Waals surface area contributed by atoms with E-state index in [2.05, 4.69) is 204 Å². The number of nitrogens with zero attached hydrogens (tertiary/aromatic N) is 2. The fourth-order valence-electron chi connectivity index (χ4n) is 8.60. The Balaban J connectivity index is 1.29. The van der Waals surface area contributed by atoms with Gasteiger partial charge in [0.1, 0.15) is 0 Å². The van der Waals surface area contributed by atoms with Gasteiger partial charge in [-0.3, -0.25) is 0 Å². The van der Waals surface area contributed by atoms with Crippen LogP contribution in [-0.4, -0.2) is 4.57 Å². The molecule has 0 spiro atoms. The first kappa shape index (κ1) is 28.9. The summed E-state index contributed by atoms with van der Waals surface area (Å²) in [4.78, 5) is 2.51. The normalized spacial score (nSPS) is 11.8. The first-order valence-corrected chi connectivity index (χ1v) is 17.9. The van der Waals surface area contributed by atoms with Crippen LogP contribution in [0.3, 0.4) is 0 Å². The quantitative estimate of drug-likeness (QED) is 0.171. The number of hydrogen-bond acceptors (Lipinski definition) is 1. The van der Waals surface area contributed by atoms with E-state index in [0.717, 1.165) is 22.7 Å². The van der Waals surface area contributed by atoms with Crippen LogP contribution in [0.2, 0.25) is 0 Å². The topological polar surface area (TPSA) is 8.17 Å². The third-order valence-electron chi connectivity index (χ3n) is 10.9. The van der Waals surface area contributed by atoms with Crippen molar-refractivity contribution < 1.29 is 0 Å². The van der Waals surface area contributed by atoms with E-state index in [-0.39, 0.29) is 0 Å². The largest absolute Gasteiger partial charge is 0.308 e. The van der Waals surface area contributed by atoms with Gasteiger partial charge < -0.3 is 9.47 Å². The van der Waals surface area contributed by atoms with Crippen LogP contribution in [-0.2, 0) is 0 Å². The molecule has 10 aromatic carbocycles. The molecule has 0 radical (unpaired) electrons. The molecule has 0 bridgehead atoms. The van der Waals surface area contributed by atoms with Crippen molar-refractivity contribution in [3.05, 3.63) is 194 Å². The average molecular weight is 661 g/mol. The maximum atomic E-state index is 2.51. The van der Waals surface area contributed by atoms with Crippen molar-refractivity contribution in [2.45, 2.75) is 0 Å². The number of fused-ring (bicyclic) bond motifs is 11. The lowest BCUT2D eigenvalue weighted by molar-refractivity contribution is 1.17. The Morgan fingerprint density at radius 2 is 0.865 bits per heavy atom. The van der Waals surface area contributed by atoms with Gasteiger partial charge in [0.05, 0.1) is 22.4 Å². The summed E-state index contributed by atoms with van der Waals surface area (Å²) in [5.41, 5.74) is 6.90. The predicted octanol–water partition coefficient (Wildman–Crippen LogP) is 14.0. The molecule has 2 nitrogen and oxygen atoms in total. The molecule has 0 amide bonds. The molecular formula is C50H32N2. The van der Waals surface area contributed by atoms with Crippen LogP contribution in [0, 0.1) is 0 Å². The first-order chi connectivity index (χ1) is 25.8. The fraction of sp³-hybridized carbons (Fsp3) is 0. The third-order valence-corrected chi connectivity index (χ3v) is 10.9. The van der Waals surface area contributed by atoms with E-state index < -0.39 is 0 Å². The van der Waals surface area contributed by atoms with Crippen LogP contribution >= 0.6 is 0 Å². The van der Waals surface area contributed by atoms with Gasteiger partial charge in [-0.15, -0.1) is 0 Å². The molecule has 0 aliphatic heterocycles. The van der Waals surface area contributed by atoms with E-state index >= 15 is 0 Å². The molecule has 0 saturated carbocycles. The Morgan fingerprint density at radius 1 is 0.308 bits per heavy atom. The summed E-state index contributed by atoms with van der Waals surface area (Å²) >= 11 is 0. The fourth-order valence-corrected chi connectivity index (χ4v) is 8.60. The van der Waals surface area contributed by atoms with E-state index in [4.69, 9.17) is 0 Å². The second-order valence-electron chi connectivity index (χ2n) is 13.7. The minimum absolute atomic E-state index is 1.12. The number of rotatable bonds is 4. The summed E-state index contributed by atoms with van der Waals surface area (Å²) in [6.45, 7) is 0. The molecule has 2 heteroatoms. The second-order valence-corrected chi connectivity index (χ2v) is 13.7. The molecule has 11 aromatic rings. The molecule has 0 saturated heterocycles. The number of aromatic nitrogens is 1. The Labute approximate surface area is 301 Å². The molecule has 0 fully saturated rings. The van der Waals surface area contributed by atoms with Gasteiger partial charge in [-0.05, 0) is 90.9 Å². The van der Waals surface area contributed by atoms with E-state index in [1.165, 1.54) is 75.7 Å². The lowest BCUT2D eigenvalue weighted by Crippen LogP contribution is -2.12. The number of anilines is 3. The smallest absolute Gasteiger partial charge is 0.0782 e. The zero-order chi connectivity index (χ0) is 34.2. The van der Waals surface area contributed by atoms with Gasteiger partial charge in [-0.25, -0.2) is 0 Å². The minimum Gasteiger partial charge on any atom is -0.308 e. The molecule has 11 rings (SSSR count). The van der Waals surface area contributed by atoms with Crippen LogP contribution in [0.15, 0.2) is 194 Å². The van der Waals surface area contributed by atoms with Gasteiger partial charge >= 0.3 is 0 Å². The van der Waals surface area contributed by atoms with Gasteiger partial charge in [-0.1, -0.05) is 152 Å². The lowest BCUT2D eigenvalue weighted by Gasteiger charge is -2.29. The molecule has 52 heavy (non-hydrogen) atoms. The van der Waals surface area contributed by atoms with Gasteiger partial charge in [0.25, 0.3) is 0 Å². The number of para-hydroxylation sites is 3. The van der Waals surface area contributed by atoms with Crippen LogP contribution in [0.1, 0.15) is 0 Å². The Morgan fingerprint density at radius 3 is 1.67 bits per heavy atom. The molecular weight excluding hydrogens is 629 g/mol. The molecule has 242 valence electrons. The Hall–Kier alpha value is -6.90. The van der Waals surface area contributed by atoms with Crippen molar-refractivity contribution in [1.29, 1.82) is 0 Å². The molecule has 0 unspecified atom stereocenters. The van der Waals surface area contributed by atoms with E-state index in [1.54, 1.807) is 0 Å². The molecule has 0 aliphatic carbocycles. The molecule has 0 aliphatic rings. The van der Waals surface area contributed by atoms with Gasteiger partial charge in [0.15, 0.2) is 0 Å². The Bertz CT molecular complexity index is 3190. The molecule has 1 heterocycles. The van der Waals surface area contributed by atoms with Crippen LogP contribution in [0.25, 0.3) is 81.4 Å². The molecule has 0 N–H and O–H groups in total. The van der Waals surface area contributed by atoms with Crippen molar-refractivity contribution in [2.24, 2.45) is 0 Å².